The molecule has 0 unspecified atom stereocenters. The maximum Gasteiger partial charge on any atom is 0.333 e. The highest BCUT2D eigenvalue weighted by atomic mass is 32.2. The third-order valence-corrected chi connectivity index (χ3v) is 14.8. The van der Waals surface area contributed by atoms with E-state index in [-0.39, 0.29) is 41.2 Å². The Hall–Kier alpha value is -5.24. The highest BCUT2D eigenvalue weighted by molar-refractivity contribution is 7.87. The number of benzene rings is 4. The summed E-state index contributed by atoms with van der Waals surface area (Å²) in [7, 11) is -14.7. The van der Waals surface area contributed by atoms with Crippen LogP contribution in [0.25, 0.3) is 21.5 Å². The zero-order valence-corrected chi connectivity index (χ0v) is 39.5. The second kappa shape index (κ2) is 17.8. The number of thiol groups is 1. The molecule has 2 amide bonds. The first kappa shape index (κ1) is 48.7. The number of nitrogens with zero attached hydrogens (tertiary/aromatic N) is 3. The van der Waals surface area contributed by atoms with E-state index in [1.807, 2.05) is 62.3 Å². The number of imide groups is 1. The molecule has 23 heteroatoms. The van der Waals surface area contributed by atoms with Crippen molar-refractivity contribution in [2.75, 3.05) is 18.0 Å². The van der Waals surface area contributed by atoms with Crippen LogP contribution in [0.2, 0.25) is 0 Å². The molecular formula is C43H46N3O16S4+. The van der Waals surface area contributed by atoms with Crippen LogP contribution in [0.1, 0.15) is 84.3 Å². The van der Waals surface area contributed by atoms with Crippen LogP contribution < -0.4 is 9.79 Å². The second-order valence-corrected chi connectivity index (χ2v) is 21.3. The predicted molar refractivity (Wildman–Crippen MR) is 241 cm³/mol. The Morgan fingerprint density at radius 1 is 0.788 bits per heavy atom. The molecular weight excluding hydrogens is 943 g/mol. The van der Waals surface area contributed by atoms with Crippen LogP contribution in [-0.2, 0) is 69.8 Å². The zero-order chi connectivity index (χ0) is 48.3. The minimum atomic E-state index is -5.00. The molecule has 352 valence electrons. The molecule has 4 aromatic carbocycles. The van der Waals surface area contributed by atoms with Gasteiger partial charge in [0.1, 0.15) is 16.3 Å². The van der Waals surface area contributed by atoms with Gasteiger partial charge in [-0.25, -0.2) is 4.79 Å². The summed E-state index contributed by atoms with van der Waals surface area (Å²) in [6.45, 7) is 10.4. The number of hydrogen-bond acceptors (Lipinski definition) is 15. The van der Waals surface area contributed by atoms with Crippen LogP contribution in [0, 0.1) is 0 Å². The fourth-order valence-electron chi connectivity index (χ4n) is 9.29. The van der Waals surface area contributed by atoms with Crippen LogP contribution in [0.5, 0.6) is 5.75 Å². The van der Waals surface area contributed by atoms with Gasteiger partial charge in [0.25, 0.3) is 42.2 Å². The van der Waals surface area contributed by atoms with Crippen LogP contribution in [0.4, 0.5) is 11.4 Å². The molecule has 1 saturated heterocycles. The van der Waals surface area contributed by atoms with E-state index in [1.165, 1.54) is 6.07 Å². The molecule has 3 aliphatic rings. The summed E-state index contributed by atoms with van der Waals surface area (Å²) in [5.74, 6) is -2.00. The highest BCUT2D eigenvalue weighted by Crippen LogP contribution is 2.52. The molecule has 3 aliphatic heterocycles. The van der Waals surface area contributed by atoms with E-state index in [1.54, 1.807) is 24.3 Å². The van der Waals surface area contributed by atoms with Crippen LogP contribution in [0.15, 0.2) is 87.1 Å². The molecule has 0 atom stereocenters. The summed E-state index contributed by atoms with van der Waals surface area (Å²) >= 11 is 3.49. The van der Waals surface area contributed by atoms with Crippen molar-refractivity contribution in [1.29, 1.82) is 0 Å². The normalized spacial score (nSPS) is 17.8. The van der Waals surface area contributed by atoms with Gasteiger partial charge in [-0.1, -0.05) is 26.0 Å². The van der Waals surface area contributed by atoms with Crippen molar-refractivity contribution in [3.8, 4) is 5.75 Å². The number of amides is 2. The fraction of sp³-hybridized carbons (Fsp3) is 0.349. The van der Waals surface area contributed by atoms with Crippen molar-refractivity contribution in [1.82, 2.24) is 5.06 Å². The van der Waals surface area contributed by atoms with E-state index >= 15 is 0 Å². The Bertz CT molecular complexity index is 3160. The fourth-order valence-corrected chi connectivity index (χ4v) is 11.4. The minimum Gasteiger partial charge on any atom is -0.344 e. The number of allylic oxidation sites excluding steroid dienone is 4. The molecule has 0 spiro atoms. The SMILES string of the molecule is CCN1C(=CC=CC2=[N+](CCCCCC(=O)ON3C(=O)CCC3=O)c3ccc4c(S(=O)(=O)O)cc(S(=O)(=O)O)cc4c3C2(C)C)C(C)(C)c2c1ccc1c(S(=O)(=O)O)cc(OOOS)cc21. The molecule has 0 aliphatic carbocycles. The van der Waals surface area contributed by atoms with E-state index in [9.17, 15) is 53.3 Å². The lowest BCUT2D eigenvalue weighted by molar-refractivity contribution is -0.438. The molecule has 1 fully saturated rings. The van der Waals surface area contributed by atoms with Crippen molar-refractivity contribution in [2.24, 2.45) is 0 Å². The number of carbonyl (C=O) groups excluding carboxylic acids is 3. The van der Waals surface area contributed by atoms with Crippen molar-refractivity contribution in [3.05, 3.63) is 83.6 Å². The summed E-state index contributed by atoms with van der Waals surface area (Å²) in [6, 6.07) is 11.0. The van der Waals surface area contributed by atoms with Gasteiger partial charge in [-0.05, 0) is 91.4 Å². The smallest absolute Gasteiger partial charge is 0.333 e. The number of carbonyl (C=O) groups is 3. The third-order valence-electron chi connectivity index (χ3n) is 12.1. The lowest BCUT2D eigenvalue weighted by Crippen LogP contribution is -2.31. The van der Waals surface area contributed by atoms with E-state index < -0.39 is 73.7 Å². The van der Waals surface area contributed by atoms with Gasteiger partial charge in [0.2, 0.25) is 5.69 Å². The Kier molecular flexibility index (Phi) is 13.1. The van der Waals surface area contributed by atoms with Crippen molar-refractivity contribution >= 4 is 99.7 Å². The first-order valence-electron chi connectivity index (χ1n) is 20.5. The number of anilines is 1. The second-order valence-electron chi connectivity index (χ2n) is 16.9. The molecule has 3 N–H and O–H groups in total. The van der Waals surface area contributed by atoms with Crippen molar-refractivity contribution in [2.45, 2.75) is 98.7 Å². The average Bonchev–Trinajstić information content (AvgIpc) is 3.75. The summed E-state index contributed by atoms with van der Waals surface area (Å²) in [6.07, 6.45) is 6.76. The van der Waals surface area contributed by atoms with Gasteiger partial charge in [-0.15, -0.1) is 9.40 Å². The van der Waals surface area contributed by atoms with Crippen molar-refractivity contribution < 1.29 is 77.0 Å². The maximum atomic E-state index is 12.7. The molecule has 19 nitrogen and oxygen atoms in total. The number of unbranched alkanes of at least 4 members (excludes halogenated alkanes) is 2. The molecule has 3 heterocycles. The molecule has 0 bridgehead atoms. The van der Waals surface area contributed by atoms with Gasteiger partial charge in [-0.3, -0.25) is 23.2 Å². The number of fused-ring (bicyclic) bond motifs is 6. The largest absolute Gasteiger partial charge is 0.344 e. The lowest BCUT2D eigenvalue weighted by atomic mass is 9.78. The monoisotopic (exact) mass is 988 g/mol. The Morgan fingerprint density at radius 3 is 2.02 bits per heavy atom. The quantitative estimate of drug-likeness (QED) is 0.0134. The van der Waals surface area contributed by atoms with Crippen molar-refractivity contribution in [3.63, 3.8) is 0 Å². The molecule has 4 aromatic rings. The topological polar surface area (TPSA) is 261 Å². The summed E-state index contributed by atoms with van der Waals surface area (Å²) in [4.78, 5) is 46.6. The molecule has 0 saturated carbocycles. The van der Waals surface area contributed by atoms with Gasteiger partial charge >= 0.3 is 5.97 Å². The van der Waals surface area contributed by atoms with E-state index in [0.717, 1.165) is 23.5 Å². The highest BCUT2D eigenvalue weighted by Gasteiger charge is 2.47. The summed E-state index contributed by atoms with van der Waals surface area (Å²) in [5, 5.41) is 5.82. The number of hydroxylamine groups is 2. The first-order chi connectivity index (χ1) is 30.8. The van der Waals surface area contributed by atoms with Gasteiger partial charge in [0, 0.05) is 96.5 Å². The molecule has 7 rings (SSSR count). The number of likely N-dealkylation sites (N-methyl/N-ethyl adjacent to an activating group) is 1. The van der Waals surface area contributed by atoms with Gasteiger partial charge < -0.3 is 14.6 Å². The predicted octanol–water partition coefficient (Wildman–Crippen LogP) is 6.62. The Balaban J connectivity index is 1.30. The Labute approximate surface area is 385 Å². The summed E-state index contributed by atoms with van der Waals surface area (Å²) in [5.41, 5.74) is 2.22. The molecule has 0 radical (unpaired) electrons. The molecule has 66 heavy (non-hydrogen) atoms. The standard InChI is InChI=1S/C43H45N3O16S4/c1-6-44-31-16-14-27-29(21-25(60-61-62-63)22-33(27)65(53,54)55)40(31)42(2,3)35(44)11-10-12-36-43(4,5)41-30-23-26(64(50,51)52)24-34(66(56,57)58)28(30)15-17-32(41)45(36)20-9-7-8-13-39(49)59-46-37(47)18-19-38(46)48/h10-12,14-17,21-24H,6-9,13,18-20H2,1-5H3,(H3-,50,51,52,53,54,55,56,57,58,63)/p+1. The lowest BCUT2D eigenvalue weighted by Gasteiger charge is -2.26. The number of hydrogen-bond donors (Lipinski definition) is 4. The van der Waals surface area contributed by atoms with Gasteiger partial charge in [-0.2, -0.15) is 29.8 Å². The maximum absolute atomic E-state index is 12.7. The third kappa shape index (κ3) is 8.98. The van der Waals surface area contributed by atoms with Gasteiger partial charge in [0.05, 0.1) is 10.3 Å². The Morgan fingerprint density at radius 2 is 1.41 bits per heavy atom. The average molecular weight is 989 g/mol. The minimum absolute atomic E-state index is 0.0178. The van der Waals surface area contributed by atoms with Crippen LogP contribution >= 0.6 is 12.9 Å². The van der Waals surface area contributed by atoms with Crippen LogP contribution in [-0.4, -0.2) is 85.1 Å². The zero-order valence-electron chi connectivity index (χ0n) is 36.2. The summed E-state index contributed by atoms with van der Waals surface area (Å²) < 4.78 is 112. The van der Waals surface area contributed by atoms with E-state index in [4.69, 9.17) is 9.73 Å². The van der Waals surface area contributed by atoms with Gasteiger partial charge in [0.15, 0.2) is 11.5 Å². The van der Waals surface area contributed by atoms with Crippen LogP contribution in [0.3, 0.4) is 0 Å². The first-order valence-corrected chi connectivity index (χ1v) is 25.2. The number of rotatable bonds is 16. The molecule has 0 aromatic heterocycles. The van der Waals surface area contributed by atoms with E-state index in [2.05, 4.69) is 22.3 Å². The van der Waals surface area contributed by atoms with E-state index in [0.29, 0.717) is 71.4 Å².